The van der Waals surface area contributed by atoms with Crippen molar-refractivity contribution in [3.8, 4) is 0 Å². The van der Waals surface area contributed by atoms with Crippen LogP contribution < -0.4 is 11.1 Å². The van der Waals surface area contributed by atoms with Crippen molar-refractivity contribution in [1.29, 1.82) is 0 Å². The van der Waals surface area contributed by atoms with Crippen molar-refractivity contribution in [2.24, 2.45) is 5.73 Å². The molecule has 1 atom stereocenters. The maximum absolute atomic E-state index is 11.9. The molecule has 0 saturated carbocycles. The standard InChI is InChI=1S/C12H12Cl2N2O4/c13-7-3-1-2-6(10(7)14)11(18)16-8(12(19)20)4-5-9(15)17/h1-3,8H,4-5H2,(H2,15,17)(H,16,18)(H,19,20)/t8-/m1/s1. The predicted octanol–water partition coefficient (Wildman–Crippen LogP) is 1.44. The number of carbonyl (C=O) groups is 3. The third-order valence-electron chi connectivity index (χ3n) is 2.48. The van der Waals surface area contributed by atoms with E-state index in [1.165, 1.54) is 18.2 Å². The van der Waals surface area contributed by atoms with Crippen molar-refractivity contribution >= 4 is 41.0 Å². The molecule has 0 fully saturated rings. The molecule has 108 valence electrons. The van der Waals surface area contributed by atoms with Gasteiger partial charge in [-0.25, -0.2) is 4.79 Å². The molecule has 0 saturated heterocycles. The Labute approximate surface area is 124 Å². The van der Waals surface area contributed by atoms with Crippen molar-refractivity contribution in [3.63, 3.8) is 0 Å². The average Bonchev–Trinajstić information content (AvgIpc) is 2.36. The topological polar surface area (TPSA) is 109 Å². The monoisotopic (exact) mass is 318 g/mol. The van der Waals surface area contributed by atoms with Crippen molar-refractivity contribution in [3.05, 3.63) is 33.8 Å². The average molecular weight is 319 g/mol. The Balaban J connectivity index is 2.83. The number of nitrogens with one attached hydrogen (secondary N) is 1. The Bertz CT molecular complexity index is 548. The van der Waals surface area contributed by atoms with Crippen LogP contribution in [0, 0.1) is 0 Å². The van der Waals surface area contributed by atoms with E-state index in [0.717, 1.165) is 0 Å². The van der Waals surface area contributed by atoms with Crippen LogP contribution in [-0.2, 0) is 9.59 Å². The number of hydrogen-bond donors (Lipinski definition) is 3. The Morgan fingerprint density at radius 3 is 2.50 bits per heavy atom. The second-order valence-corrected chi connectivity index (χ2v) is 4.76. The molecule has 0 aliphatic rings. The van der Waals surface area contributed by atoms with Gasteiger partial charge in [0.05, 0.1) is 15.6 Å². The van der Waals surface area contributed by atoms with Gasteiger partial charge < -0.3 is 16.2 Å². The van der Waals surface area contributed by atoms with Crippen molar-refractivity contribution in [2.75, 3.05) is 0 Å². The van der Waals surface area contributed by atoms with Gasteiger partial charge in [-0.3, -0.25) is 9.59 Å². The largest absolute Gasteiger partial charge is 0.480 e. The number of hydrogen-bond acceptors (Lipinski definition) is 3. The van der Waals surface area contributed by atoms with E-state index in [9.17, 15) is 14.4 Å². The smallest absolute Gasteiger partial charge is 0.326 e. The molecule has 2 amide bonds. The second-order valence-electron chi connectivity index (χ2n) is 3.97. The van der Waals surface area contributed by atoms with Crippen LogP contribution in [0.2, 0.25) is 10.0 Å². The number of carboxylic acid groups (broad SMARTS) is 1. The summed E-state index contributed by atoms with van der Waals surface area (Å²) in [6.45, 7) is 0. The number of rotatable bonds is 6. The summed E-state index contributed by atoms with van der Waals surface area (Å²) < 4.78 is 0. The molecule has 0 heterocycles. The van der Waals surface area contributed by atoms with Crippen LogP contribution in [0.4, 0.5) is 0 Å². The highest BCUT2D eigenvalue weighted by Gasteiger charge is 2.22. The van der Waals surface area contributed by atoms with Gasteiger partial charge >= 0.3 is 5.97 Å². The Morgan fingerprint density at radius 2 is 1.95 bits per heavy atom. The van der Waals surface area contributed by atoms with Crippen molar-refractivity contribution in [1.82, 2.24) is 5.32 Å². The highest BCUT2D eigenvalue weighted by Crippen LogP contribution is 2.25. The van der Waals surface area contributed by atoms with Crippen LogP contribution >= 0.6 is 23.2 Å². The molecular weight excluding hydrogens is 307 g/mol. The normalized spacial score (nSPS) is 11.7. The van der Waals surface area contributed by atoms with E-state index in [1.54, 1.807) is 0 Å². The SMILES string of the molecule is NC(=O)CC[C@@H](NC(=O)c1cccc(Cl)c1Cl)C(=O)O. The Morgan fingerprint density at radius 1 is 1.30 bits per heavy atom. The molecule has 0 radical (unpaired) electrons. The van der Waals surface area contributed by atoms with Gasteiger partial charge in [0.15, 0.2) is 0 Å². The third kappa shape index (κ3) is 4.40. The lowest BCUT2D eigenvalue weighted by Crippen LogP contribution is -2.41. The number of carbonyl (C=O) groups excluding carboxylic acids is 2. The molecule has 0 spiro atoms. The number of benzene rings is 1. The first-order valence-electron chi connectivity index (χ1n) is 5.59. The molecule has 0 aliphatic carbocycles. The molecule has 4 N–H and O–H groups in total. The predicted molar refractivity (Wildman–Crippen MR) is 73.8 cm³/mol. The lowest BCUT2D eigenvalue weighted by molar-refractivity contribution is -0.139. The summed E-state index contributed by atoms with van der Waals surface area (Å²) in [5, 5.41) is 11.5. The number of carboxylic acids is 1. The number of amides is 2. The van der Waals surface area contributed by atoms with Gasteiger partial charge in [-0.05, 0) is 18.6 Å². The maximum atomic E-state index is 11.9. The summed E-state index contributed by atoms with van der Waals surface area (Å²) in [6.07, 6.45) is -0.255. The summed E-state index contributed by atoms with van der Waals surface area (Å²) in [5.74, 6) is -2.60. The molecule has 0 aliphatic heterocycles. The van der Waals surface area contributed by atoms with Gasteiger partial charge in [-0.2, -0.15) is 0 Å². The summed E-state index contributed by atoms with van der Waals surface area (Å²) in [5.41, 5.74) is 5.00. The first kappa shape index (κ1) is 16.3. The fourth-order valence-corrected chi connectivity index (χ4v) is 1.85. The number of primary amides is 1. The number of nitrogens with two attached hydrogens (primary N) is 1. The summed E-state index contributed by atoms with van der Waals surface area (Å²) in [4.78, 5) is 33.6. The van der Waals surface area contributed by atoms with Crippen LogP contribution in [0.15, 0.2) is 18.2 Å². The van der Waals surface area contributed by atoms with Gasteiger partial charge in [0.25, 0.3) is 5.91 Å². The molecule has 20 heavy (non-hydrogen) atoms. The Kier molecular flexibility index (Phi) is 5.79. The minimum Gasteiger partial charge on any atom is -0.480 e. The van der Waals surface area contributed by atoms with E-state index in [1.807, 2.05) is 0 Å². The highest BCUT2D eigenvalue weighted by atomic mass is 35.5. The fourth-order valence-electron chi connectivity index (χ4n) is 1.46. The number of aliphatic carboxylic acids is 1. The van der Waals surface area contributed by atoms with Crippen LogP contribution in [0.1, 0.15) is 23.2 Å². The fraction of sp³-hybridized carbons (Fsp3) is 0.250. The van der Waals surface area contributed by atoms with Gasteiger partial charge in [0.1, 0.15) is 6.04 Å². The van der Waals surface area contributed by atoms with Crippen LogP contribution in [0.5, 0.6) is 0 Å². The van der Waals surface area contributed by atoms with Gasteiger partial charge in [-0.1, -0.05) is 29.3 Å². The molecule has 0 aromatic heterocycles. The van der Waals surface area contributed by atoms with E-state index >= 15 is 0 Å². The van der Waals surface area contributed by atoms with E-state index in [-0.39, 0.29) is 28.5 Å². The van der Waals surface area contributed by atoms with E-state index in [2.05, 4.69) is 5.32 Å². The van der Waals surface area contributed by atoms with E-state index < -0.39 is 23.8 Å². The van der Waals surface area contributed by atoms with E-state index in [4.69, 9.17) is 34.0 Å². The minimum atomic E-state index is -1.27. The zero-order chi connectivity index (χ0) is 15.3. The molecule has 1 aromatic rings. The van der Waals surface area contributed by atoms with Crippen LogP contribution in [0.3, 0.4) is 0 Å². The van der Waals surface area contributed by atoms with E-state index in [0.29, 0.717) is 0 Å². The summed E-state index contributed by atoms with van der Waals surface area (Å²) >= 11 is 11.6. The first-order chi connectivity index (χ1) is 9.32. The van der Waals surface area contributed by atoms with Crippen molar-refractivity contribution < 1.29 is 19.5 Å². The van der Waals surface area contributed by atoms with Gasteiger partial charge in [0, 0.05) is 6.42 Å². The molecule has 8 heteroatoms. The quantitative estimate of drug-likeness (QED) is 0.737. The molecular formula is C12H12Cl2N2O4. The maximum Gasteiger partial charge on any atom is 0.326 e. The van der Waals surface area contributed by atoms with Crippen LogP contribution in [-0.4, -0.2) is 28.9 Å². The van der Waals surface area contributed by atoms with Crippen molar-refractivity contribution in [2.45, 2.75) is 18.9 Å². The molecule has 0 bridgehead atoms. The van der Waals surface area contributed by atoms with Crippen LogP contribution in [0.25, 0.3) is 0 Å². The summed E-state index contributed by atoms with van der Waals surface area (Å²) in [6, 6.07) is 3.20. The van der Waals surface area contributed by atoms with Gasteiger partial charge in [0.2, 0.25) is 5.91 Å². The summed E-state index contributed by atoms with van der Waals surface area (Å²) in [7, 11) is 0. The lowest BCUT2D eigenvalue weighted by Gasteiger charge is -2.14. The molecule has 0 unspecified atom stereocenters. The lowest BCUT2D eigenvalue weighted by atomic mass is 10.1. The number of halogens is 2. The molecule has 6 nitrogen and oxygen atoms in total. The third-order valence-corrected chi connectivity index (χ3v) is 3.30. The Hall–Kier alpha value is -1.79. The zero-order valence-corrected chi connectivity index (χ0v) is 11.7. The first-order valence-corrected chi connectivity index (χ1v) is 6.34. The zero-order valence-electron chi connectivity index (χ0n) is 10.2. The molecule has 1 aromatic carbocycles. The molecule has 1 rings (SSSR count). The second kappa shape index (κ2) is 7.12. The minimum absolute atomic E-state index is 0.0331. The highest BCUT2D eigenvalue weighted by molar-refractivity contribution is 6.43. The van der Waals surface area contributed by atoms with Gasteiger partial charge in [-0.15, -0.1) is 0 Å².